The van der Waals surface area contributed by atoms with Crippen LogP contribution >= 0.6 is 0 Å². The molecule has 0 saturated carbocycles. The normalized spacial score (nSPS) is 25.1. The third-order valence-corrected chi connectivity index (χ3v) is 9.97. The maximum Gasteiger partial charge on any atom is 0.255 e. The number of nitrogens with zero attached hydrogens (tertiary/aromatic N) is 4. The molecule has 2 atom stereocenters. The van der Waals surface area contributed by atoms with E-state index in [9.17, 15) is 14.4 Å². The number of carbonyl (C=O) groups excluding carboxylic acids is 3. The summed E-state index contributed by atoms with van der Waals surface area (Å²) in [6, 6.07) is 14.5. The van der Waals surface area contributed by atoms with Crippen LogP contribution in [-0.2, 0) is 27.4 Å². The highest BCUT2D eigenvalue weighted by Gasteiger charge is 2.39. The first-order valence-electron chi connectivity index (χ1n) is 16.3. The molecule has 44 heavy (non-hydrogen) atoms. The van der Waals surface area contributed by atoms with Gasteiger partial charge in [-0.2, -0.15) is 0 Å². The van der Waals surface area contributed by atoms with Crippen molar-refractivity contribution in [1.82, 2.24) is 20.0 Å². The smallest absolute Gasteiger partial charge is 0.255 e. The van der Waals surface area contributed by atoms with Crippen molar-refractivity contribution in [2.75, 3.05) is 64.0 Å². The molecule has 7 rings (SSSR count). The van der Waals surface area contributed by atoms with E-state index in [0.29, 0.717) is 31.2 Å². The number of rotatable bonds is 9. The van der Waals surface area contributed by atoms with Gasteiger partial charge in [-0.1, -0.05) is 18.6 Å². The van der Waals surface area contributed by atoms with Gasteiger partial charge in [0.1, 0.15) is 18.4 Å². The molecule has 4 saturated heterocycles. The van der Waals surface area contributed by atoms with Gasteiger partial charge in [0.2, 0.25) is 11.8 Å². The molecule has 0 radical (unpaired) electrons. The number of benzene rings is 2. The molecule has 10 heteroatoms. The second-order valence-corrected chi connectivity index (χ2v) is 13.0. The molecular weight excluding hydrogens is 558 g/mol. The zero-order valence-electron chi connectivity index (χ0n) is 25.4. The predicted molar refractivity (Wildman–Crippen MR) is 165 cm³/mol. The van der Waals surface area contributed by atoms with Gasteiger partial charge in [0.25, 0.3) is 5.91 Å². The Labute approximate surface area is 259 Å². The lowest BCUT2D eigenvalue weighted by molar-refractivity contribution is -0.136. The average Bonchev–Trinajstić information content (AvgIpc) is 3.34. The van der Waals surface area contributed by atoms with Crippen molar-refractivity contribution in [3.05, 3.63) is 59.2 Å². The van der Waals surface area contributed by atoms with Crippen molar-refractivity contribution in [2.24, 2.45) is 5.92 Å². The maximum atomic E-state index is 13.0. The number of imide groups is 1. The molecule has 10 nitrogen and oxygen atoms in total. The summed E-state index contributed by atoms with van der Waals surface area (Å²) in [5, 5.41) is 2.36. The largest absolute Gasteiger partial charge is 0.492 e. The molecule has 0 aromatic heterocycles. The number of piperazine rings is 1. The fraction of sp³-hybridized carbons (Fsp3) is 0.559. The molecule has 3 amide bonds. The van der Waals surface area contributed by atoms with Crippen molar-refractivity contribution in [2.45, 2.75) is 57.3 Å². The summed E-state index contributed by atoms with van der Waals surface area (Å²) in [5.74, 6) is 0.644. The molecular formula is C34H43N5O5. The number of ether oxygens (including phenoxy) is 2. The van der Waals surface area contributed by atoms with Crippen molar-refractivity contribution in [3.8, 4) is 5.75 Å². The van der Waals surface area contributed by atoms with Gasteiger partial charge < -0.3 is 19.3 Å². The number of nitrogens with one attached hydrogen (secondary N) is 1. The molecule has 4 fully saturated rings. The zero-order chi connectivity index (χ0) is 30.0. The van der Waals surface area contributed by atoms with Gasteiger partial charge in [-0.15, -0.1) is 0 Å². The van der Waals surface area contributed by atoms with Gasteiger partial charge in [0.05, 0.1) is 13.2 Å². The molecule has 5 aliphatic rings. The minimum absolute atomic E-state index is 0.160. The Bertz CT molecular complexity index is 1370. The van der Waals surface area contributed by atoms with E-state index in [1.54, 1.807) is 4.90 Å². The summed E-state index contributed by atoms with van der Waals surface area (Å²) in [4.78, 5) is 46.2. The number of hydrogen-bond donors (Lipinski definition) is 1. The minimum atomic E-state index is -0.607. The number of carbonyl (C=O) groups is 3. The quantitative estimate of drug-likeness (QED) is 0.439. The van der Waals surface area contributed by atoms with Crippen LogP contribution in [-0.4, -0.2) is 104 Å². The Morgan fingerprint density at radius 1 is 0.909 bits per heavy atom. The third-order valence-electron chi connectivity index (χ3n) is 9.97. The molecule has 5 heterocycles. The van der Waals surface area contributed by atoms with Crippen LogP contribution in [0.3, 0.4) is 0 Å². The van der Waals surface area contributed by atoms with Crippen molar-refractivity contribution in [3.63, 3.8) is 0 Å². The monoisotopic (exact) mass is 601 g/mol. The molecule has 234 valence electrons. The summed E-state index contributed by atoms with van der Waals surface area (Å²) < 4.78 is 11.7. The Kier molecular flexibility index (Phi) is 8.56. The van der Waals surface area contributed by atoms with Gasteiger partial charge in [0, 0.05) is 75.4 Å². The average molecular weight is 602 g/mol. The predicted octanol–water partition coefficient (Wildman–Crippen LogP) is 2.65. The van der Waals surface area contributed by atoms with Crippen LogP contribution in [0.25, 0.3) is 0 Å². The van der Waals surface area contributed by atoms with Crippen LogP contribution < -0.4 is 15.0 Å². The van der Waals surface area contributed by atoms with Gasteiger partial charge in [-0.25, -0.2) is 0 Å². The molecule has 0 spiro atoms. The molecule has 5 aliphatic heterocycles. The number of fused-ring (bicyclic) bond motifs is 1. The van der Waals surface area contributed by atoms with Crippen LogP contribution in [0.2, 0.25) is 0 Å². The number of anilines is 1. The zero-order valence-corrected chi connectivity index (χ0v) is 25.4. The van der Waals surface area contributed by atoms with E-state index in [4.69, 9.17) is 9.47 Å². The minimum Gasteiger partial charge on any atom is -0.492 e. The van der Waals surface area contributed by atoms with Crippen molar-refractivity contribution in [1.29, 1.82) is 0 Å². The fourth-order valence-corrected chi connectivity index (χ4v) is 7.28. The van der Waals surface area contributed by atoms with Crippen LogP contribution in [0.1, 0.15) is 53.6 Å². The standard InChI is InChI=1S/C34H43N5O5/c40-32-11-10-31(33(41)35-32)39-20-26-17-29(8-9-30(26)34(39)42)44-23-28-3-1-2-12-38(28)19-24-4-6-27(7-5-24)37-15-13-36(14-16-37)18-25-21-43-22-25/h4-9,17,25,28,31H,1-3,10-16,18-23H2,(H,35,40,41)/t28-,31?/m1/s1. The summed E-state index contributed by atoms with van der Waals surface area (Å²) in [6.07, 6.45) is 4.11. The summed E-state index contributed by atoms with van der Waals surface area (Å²) >= 11 is 0. The van der Waals surface area contributed by atoms with Gasteiger partial charge in [0.15, 0.2) is 0 Å². The lowest BCUT2D eigenvalue weighted by Gasteiger charge is -2.39. The summed E-state index contributed by atoms with van der Waals surface area (Å²) in [6.45, 7) is 10.3. The first-order chi connectivity index (χ1) is 21.5. The molecule has 0 aliphatic carbocycles. The van der Waals surface area contributed by atoms with Crippen LogP contribution in [0.4, 0.5) is 5.69 Å². The SMILES string of the molecule is O=C1CCC(N2Cc3cc(OC[C@H]4CCCCN4Cc4ccc(N5CCN(CC6COC6)CC5)cc4)ccc3C2=O)C(=O)N1. The number of piperidine rings is 2. The van der Waals surface area contributed by atoms with E-state index in [1.807, 2.05) is 18.2 Å². The van der Waals surface area contributed by atoms with Crippen LogP contribution in [0.5, 0.6) is 5.75 Å². The number of hydrogen-bond acceptors (Lipinski definition) is 8. The van der Waals surface area contributed by atoms with Gasteiger partial charge in [-0.05, 0) is 67.3 Å². The highest BCUT2D eigenvalue weighted by atomic mass is 16.5. The van der Waals surface area contributed by atoms with E-state index in [-0.39, 0.29) is 24.1 Å². The van der Waals surface area contributed by atoms with Crippen LogP contribution in [0.15, 0.2) is 42.5 Å². The van der Waals surface area contributed by atoms with E-state index < -0.39 is 6.04 Å². The fourth-order valence-electron chi connectivity index (χ4n) is 7.28. The Morgan fingerprint density at radius 3 is 2.48 bits per heavy atom. The van der Waals surface area contributed by atoms with Gasteiger partial charge >= 0.3 is 0 Å². The number of likely N-dealkylation sites (tertiary alicyclic amines) is 1. The van der Waals surface area contributed by atoms with Gasteiger partial charge in [-0.3, -0.25) is 29.5 Å². The topological polar surface area (TPSA) is 94.7 Å². The maximum absolute atomic E-state index is 13.0. The van der Waals surface area contributed by atoms with Crippen molar-refractivity contribution >= 4 is 23.4 Å². The summed E-state index contributed by atoms with van der Waals surface area (Å²) in [5.41, 5.74) is 4.11. The first-order valence-corrected chi connectivity index (χ1v) is 16.3. The number of amides is 3. The Balaban J connectivity index is 0.917. The van der Waals surface area contributed by atoms with Crippen molar-refractivity contribution < 1.29 is 23.9 Å². The molecule has 0 bridgehead atoms. The molecule has 1 N–H and O–H groups in total. The molecule has 2 aromatic rings. The van der Waals surface area contributed by atoms with E-state index in [0.717, 1.165) is 76.1 Å². The molecule has 1 unspecified atom stereocenters. The molecule has 2 aromatic carbocycles. The second kappa shape index (κ2) is 12.9. The summed E-state index contributed by atoms with van der Waals surface area (Å²) in [7, 11) is 0. The van der Waals surface area contributed by atoms with Crippen LogP contribution in [0, 0.1) is 5.92 Å². The second-order valence-electron chi connectivity index (χ2n) is 13.0. The lowest BCUT2D eigenvalue weighted by atomic mass is 10.0. The Morgan fingerprint density at radius 2 is 1.73 bits per heavy atom. The van der Waals surface area contributed by atoms with E-state index >= 15 is 0 Å². The third kappa shape index (κ3) is 6.34. The van der Waals surface area contributed by atoms with E-state index in [1.165, 1.54) is 30.6 Å². The Hall–Kier alpha value is -3.47. The highest BCUT2D eigenvalue weighted by Crippen LogP contribution is 2.31. The first kappa shape index (κ1) is 29.3. The highest BCUT2D eigenvalue weighted by molar-refractivity contribution is 6.05. The van der Waals surface area contributed by atoms with E-state index in [2.05, 4.69) is 44.3 Å². The lowest BCUT2D eigenvalue weighted by Crippen LogP contribution is -2.52.